The molecular formula is C20H19FN2O2. The molecule has 1 heterocycles. The molecule has 0 saturated carbocycles. The normalized spacial score (nSPS) is 15.2. The molecule has 0 fully saturated rings. The Bertz CT molecular complexity index is 826. The van der Waals surface area contributed by atoms with Crippen LogP contribution in [0.2, 0.25) is 0 Å². The topological polar surface area (TPSA) is 50.7 Å². The van der Waals surface area contributed by atoms with Crippen LogP contribution in [0.25, 0.3) is 6.08 Å². The molecule has 3 rings (SSSR count). The highest BCUT2D eigenvalue weighted by Crippen LogP contribution is 2.18. The van der Waals surface area contributed by atoms with Gasteiger partial charge in [-0.1, -0.05) is 24.3 Å². The van der Waals surface area contributed by atoms with Gasteiger partial charge in [-0.05, 0) is 54.8 Å². The Balaban J connectivity index is 1.69. The van der Waals surface area contributed by atoms with Crippen molar-refractivity contribution in [1.82, 2.24) is 5.32 Å². The Hall–Kier alpha value is -2.95. The van der Waals surface area contributed by atoms with Crippen molar-refractivity contribution in [1.29, 1.82) is 0 Å². The van der Waals surface area contributed by atoms with Crippen molar-refractivity contribution < 1.29 is 13.9 Å². The summed E-state index contributed by atoms with van der Waals surface area (Å²) in [6, 6.07) is 13.9. The molecule has 0 aliphatic carbocycles. The predicted octanol–water partition coefficient (Wildman–Crippen LogP) is 3.73. The number of carbonyl (C=O) groups is 1. The number of nitrogens with zero attached hydrogens (tertiary/aromatic N) is 1. The van der Waals surface area contributed by atoms with E-state index < -0.39 is 0 Å². The minimum Gasteiger partial charge on any atom is -0.494 e. The van der Waals surface area contributed by atoms with E-state index in [1.54, 1.807) is 18.2 Å². The van der Waals surface area contributed by atoms with Gasteiger partial charge in [-0.25, -0.2) is 9.38 Å². The molecule has 1 aliphatic rings. The molecule has 128 valence electrons. The smallest absolute Gasteiger partial charge is 0.275 e. The first-order chi connectivity index (χ1) is 12.1. The van der Waals surface area contributed by atoms with Crippen LogP contribution in [0.4, 0.5) is 4.39 Å². The molecular weight excluding hydrogens is 319 g/mol. The Labute approximate surface area is 146 Å². The summed E-state index contributed by atoms with van der Waals surface area (Å²) in [5.74, 6) is 0.919. The van der Waals surface area contributed by atoms with Gasteiger partial charge >= 0.3 is 0 Å². The zero-order valence-corrected chi connectivity index (χ0v) is 14.0. The van der Waals surface area contributed by atoms with Gasteiger partial charge < -0.3 is 10.1 Å². The van der Waals surface area contributed by atoms with Crippen LogP contribution in [0, 0.1) is 5.82 Å². The lowest BCUT2D eigenvalue weighted by Gasteiger charge is -2.03. The number of aryl methyl sites for hydroxylation is 1. The van der Waals surface area contributed by atoms with Crippen molar-refractivity contribution in [3.05, 3.63) is 71.2 Å². The highest BCUT2D eigenvalue weighted by molar-refractivity contribution is 6.14. The number of hydrogen-bond acceptors (Lipinski definition) is 3. The second-order valence-corrected chi connectivity index (χ2v) is 5.67. The molecule has 2 aromatic carbocycles. The molecule has 1 aliphatic heterocycles. The van der Waals surface area contributed by atoms with Crippen LogP contribution in [0.5, 0.6) is 5.75 Å². The van der Waals surface area contributed by atoms with E-state index in [-0.39, 0.29) is 11.7 Å². The first-order valence-electron chi connectivity index (χ1n) is 8.22. The van der Waals surface area contributed by atoms with Crippen LogP contribution in [-0.2, 0) is 11.2 Å². The van der Waals surface area contributed by atoms with E-state index in [2.05, 4.69) is 10.3 Å². The molecule has 2 aromatic rings. The zero-order chi connectivity index (χ0) is 17.6. The minimum atomic E-state index is -0.255. The van der Waals surface area contributed by atoms with Crippen LogP contribution in [0.1, 0.15) is 24.5 Å². The van der Waals surface area contributed by atoms with Gasteiger partial charge in [0.1, 0.15) is 23.1 Å². The third-order valence-electron chi connectivity index (χ3n) is 3.78. The van der Waals surface area contributed by atoms with Gasteiger partial charge in [0.15, 0.2) is 0 Å². The molecule has 0 spiro atoms. The predicted molar refractivity (Wildman–Crippen MR) is 95.9 cm³/mol. The summed E-state index contributed by atoms with van der Waals surface area (Å²) in [4.78, 5) is 16.5. The highest BCUT2D eigenvalue weighted by Gasteiger charge is 2.19. The number of nitrogens with one attached hydrogen (secondary N) is 1. The van der Waals surface area contributed by atoms with Gasteiger partial charge in [0, 0.05) is 6.42 Å². The van der Waals surface area contributed by atoms with Gasteiger partial charge in [0.05, 0.1) is 6.61 Å². The molecule has 0 unspecified atom stereocenters. The second kappa shape index (κ2) is 7.75. The van der Waals surface area contributed by atoms with E-state index >= 15 is 0 Å². The number of benzene rings is 2. The molecule has 0 atom stereocenters. The average Bonchev–Trinajstić information content (AvgIpc) is 2.95. The van der Waals surface area contributed by atoms with E-state index in [4.69, 9.17) is 4.74 Å². The Morgan fingerprint density at radius 3 is 2.72 bits per heavy atom. The fraction of sp³-hybridized carbons (Fsp3) is 0.200. The van der Waals surface area contributed by atoms with Crippen molar-refractivity contribution in [2.24, 2.45) is 4.99 Å². The number of ether oxygens (including phenoxy) is 1. The van der Waals surface area contributed by atoms with Crippen molar-refractivity contribution in [3.8, 4) is 5.75 Å². The molecule has 5 heteroatoms. The molecule has 0 bridgehead atoms. The SMILES string of the molecule is CCOc1cccc(/C=C2/N=C(CCc3ccc(F)cc3)NC2=O)c1. The Kier molecular flexibility index (Phi) is 5.23. The fourth-order valence-corrected chi connectivity index (χ4v) is 2.57. The summed E-state index contributed by atoms with van der Waals surface area (Å²) < 4.78 is 18.4. The Morgan fingerprint density at radius 1 is 1.16 bits per heavy atom. The summed E-state index contributed by atoms with van der Waals surface area (Å²) >= 11 is 0. The number of aliphatic imine (C=N–C) groups is 1. The number of rotatable bonds is 6. The van der Waals surface area contributed by atoms with Crippen LogP contribution in [0.3, 0.4) is 0 Å². The van der Waals surface area contributed by atoms with Gasteiger partial charge in [-0.2, -0.15) is 0 Å². The van der Waals surface area contributed by atoms with Gasteiger partial charge in [0.2, 0.25) is 0 Å². The van der Waals surface area contributed by atoms with Gasteiger partial charge in [0.25, 0.3) is 5.91 Å². The van der Waals surface area contributed by atoms with Crippen LogP contribution in [-0.4, -0.2) is 18.3 Å². The lowest BCUT2D eigenvalue weighted by molar-refractivity contribution is -0.115. The van der Waals surface area contributed by atoms with E-state index in [0.717, 1.165) is 16.9 Å². The number of amides is 1. The van der Waals surface area contributed by atoms with Crippen molar-refractivity contribution in [3.63, 3.8) is 0 Å². The molecule has 0 aromatic heterocycles. The highest BCUT2D eigenvalue weighted by atomic mass is 19.1. The molecule has 0 radical (unpaired) electrons. The van der Waals surface area contributed by atoms with Crippen molar-refractivity contribution in [2.75, 3.05) is 6.61 Å². The van der Waals surface area contributed by atoms with Crippen molar-refractivity contribution in [2.45, 2.75) is 19.8 Å². The first kappa shape index (κ1) is 16.9. The monoisotopic (exact) mass is 338 g/mol. The zero-order valence-electron chi connectivity index (χ0n) is 14.0. The Morgan fingerprint density at radius 2 is 1.96 bits per heavy atom. The number of hydrogen-bond donors (Lipinski definition) is 1. The third-order valence-corrected chi connectivity index (χ3v) is 3.78. The first-order valence-corrected chi connectivity index (χ1v) is 8.22. The van der Waals surface area contributed by atoms with Crippen LogP contribution >= 0.6 is 0 Å². The minimum absolute atomic E-state index is 0.212. The van der Waals surface area contributed by atoms with Crippen molar-refractivity contribution >= 4 is 17.8 Å². The van der Waals surface area contributed by atoms with Crippen LogP contribution in [0.15, 0.2) is 59.2 Å². The second-order valence-electron chi connectivity index (χ2n) is 5.67. The molecule has 4 nitrogen and oxygen atoms in total. The summed E-state index contributed by atoms with van der Waals surface area (Å²) in [5.41, 5.74) is 2.24. The van der Waals surface area contributed by atoms with E-state index in [1.165, 1.54) is 12.1 Å². The molecule has 0 saturated heterocycles. The maximum absolute atomic E-state index is 12.9. The number of halogens is 1. The quantitative estimate of drug-likeness (QED) is 0.816. The summed E-state index contributed by atoms with van der Waals surface area (Å²) in [5, 5.41) is 2.78. The fourth-order valence-electron chi connectivity index (χ4n) is 2.57. The third kappa shape index (κ3) is 4.53. The molecule has 25 heavy (non-hydrogen) atoms. The largest absolute Gasteiger partial charge is 0.494 e. The summed E-state index contributed by atoms with van der Waals surface area (Å²) in [6.07, 6.45) is 3.02. The van der Waals surface area contributed by atoms with Crippen LogP contribution < -0.4 is 10.1 Å². The maximum Gasteiger partial charge on any atom is 0.275 e. The van der Waals surface area contributed by atoms with E-state index in [9.17, 15) is 9.18 Å². The summed E-state index contributed by atoms with van der Waals surface area (Å²) in [7, 11) is 0. The van der Waals surface area contributed by atoms with Gasteiger partial charge in [-0.3, -0.25) is 4.79 Å². The lowest BCUT2D eigenvalue weighted by atomic mass is 10.1. The maximum atomic E-state index is 12.9. The molecule has 1 amide bonds. The standard InChI is InChI=1S/C20H19FN2O2/c1-2-25-17-5-3-4-15(12-17)13-18-20(24)23-19(22-18)11-8-14-6-9-16(21)10-7-14/h3-7,9-10,12-13H,2,8,11H2,1H3,(H,22,23,24)/b18-13+. The molecule has 1 N–H and O–H groups in total. The summed E-state index contributed by atoms with van der Waals surface area (Å²) in [6.45, 7) is 2.51. The lowest BCUT2D eigenvalue weighted by Crippen LogP contribution is -2.24. The van der Waals surface area contributed by atoms with Gasteiger partial charge in [-0.15, -0.1) is 0 Å². The van der Waals surface area contributed by atoms with E-state index in [0.29, 0.717) is 31.0 Å². The number of amidine groups is 1. The number of carbonyl (C=O) groups excluding carboxylic acids is 1. The average molecular weight is 338 g/mol. The van der Waals surface area contributed by atoms with E-state index in [1.807, 2.05) is 31.2 Å².